The van der Waals surface area contributed by atoms with Crippen molar-refractivity contribution in [2.45, 2.75) is 6.54 Å². The molecule has 0 aromatic carbocycles. The van der Waals surface area contributed by atoms with Crippen LogP contribution in [0, 0.1) is 0 Å². The van der Waals surface area contributed by atoms with Crippen LogP contribution in [0.5, 0.6) is 0 Å². The Balaban J connectivity index is 1.46. The number of rotatable bonds is 6. The summed E-state index contributed by atoms with van der Waals surface area (Å²) in [6.45, 7) is 7.84. The summed E-state index contributed by atoms with van der Waals surface area (Å²) in [6.07, 6.45) is 0. The molecule has 0 aliphatic carbocycles. The minimum Gasteiger partial charge on any atom is -0.378 e. The molecule has 27 heavy (non-hydrogen) atoms. The van der Waals surface area contributed by atoms with E-state index >= 15 is 0 Å². The van der Waals surface area contributed by atoms with Gasteiger partial charge in [0.2, 0.25) is 5.28 Å². The molecule has 2 aliphatic rings. The Morgan fingerprint density at radius 1 is 1.19 bits per heavy atom. The largest absolute Gasteiger partial charge is 0.378 e. The zero-order valence-electron chi connectivity index (χ0n) is 15.1. The first-order chi connectivity index (χ1) is 13.2. The number of halogens is 1. The molecule has 2 aliphatic heterocycles. The summed E-state index contributed by atoms with van der Waals surface area (Å²) in [5, 5.41) is 0.303. The maximum atomic E-state index is 6.19. The average Bonchev–Trinajstić information content (AvgIpc) is 3.09. The van der Waals surface area contributed by atoms with E-state index in [-0.39, 0.29) is 0 Å². The number of hydrogen-bond donors (Lipinski definition) is 0. The number of ether oxygens (including phenoxy) is 1. The molecule has 2 saturated heterocycles. The Morgan fingerprint density at radius 2 is 1.96 bits per heavy atom. The summed E-state index contributed by atoms with van der Waals surface area (Å²) in [7, 11) is 1.52. The van der Waals surface area contributed by atoms with Crippen molar-refractivity contribution in [3.63, 3.8) is 0 Å². The van der Waals surface area contributed by atoms with E-state index in [2.05, 4.69) is 35.0 Å². The molecular formula is C16H22ClN5O3S2. The van der Waals surface area contributed by atoms with Crippen LogP contribution in [0.3, 0.4) is 0 Å². The van der Waals surface area contributed by atoms with Gasteiger partial charge in [0.15, 0.2) is 5.82 Å². The molecule has 0 amide bonds. The van der Waals surface area contributed by atoms with E-state index in [4.69, 9.17) is 20.7 Å². The van der Waals surface area contributed by atoms with Gasteiger partial charge in [0.1, 0.15) is 12.2 Å². The molecule has 2 fully saturated rings. The second-order valence-corrected chi connectivity index (χ2v) is 8.63. The molecule has 4 rings (SSSR count). The van der Waals surface area contributed by atoms with Gasteiger partial charge in [-0.15, -0.1) is 15.7 Å². The molecule has 0 saturated carbocycles. The van der Waals surface area contributed by atoms with Gasteiger partial charge in [-0.05, 0) is 17.7 Å². The summed E-state index contributed by atoms with van der Waals surface area (Å²) in [5.74, 6) is 0.933. The minimum atomic E-state index is 0.303. The van der Waals surface area contributed by atoms with Crippen molar-refractivity contribution in [2.24, 2.45) is 0 Å². The van der Waals surface area contributed by atoms with Gasteiger partial charge in [0.05, 0.1) is 30.5 Å². The third kappa shape index (κ3) is 4.83. The molecule has 0 radical (unpaired) electrons. The number of aromatic nitrogens is 2. The molecular weight excluding hydrogens is 410 g/mol. The van der Waals surface area contributed by atoms with Crippen molar-refractivity contribution in [3.8, 4) is 0 Å². The lowest BCUT2D eigenvalue weighted by Crippen LogP contribution is -2.42. The number of hydrogen-bond acceptors (Lipinski definition) is 10. The molecule has 2 aromatic heterocycles. The Morgan fingerprint density at radius 3 is 2.70 bits per heavy atom. The van der Waals surface area contributed by atoms with E-state index in [1.165, 1.54) is 24.2 Å². The monoisotopic (exact) mass is 431 g/mol. The molecule has 0 spiro atoms. The van der Waals surface area contributed by atoms with Crippen LogP contribution in [-0.2, 0) is 20.5 Å². The highest BCUT2D eigenvalue weighted by molar-refractivity contribution is 7.92. The maximum Gasteiger partial charge on any atom is 0.224 e. The topological polar surface area (TPSA) is 63.2 Å². The summed E-state index contributed by atoms with van der Waals surface area (Å²) < 4.78 is 13.7. The number of thiophene rings is 1. The van der Waals surface area contributed by atoms with E-state index in [0.29, 0.717) is 5.28 Å². The molecule has 2 aromatic rings. The van der Waals surface area contributed by atoms with Crippen LogP contribution in [0.4, 0.5) is 5.82 Å². The van der Waals surface area contributed by atoms with Gasteiger partial charge in [0, 0.05) is 50.7 Å². The van der Waals surface area contributed by atoms with Gasteiger partial charge in [-0.2, -0.15) is 4.98 Å². The quantitative estimate of drug-likeness (QED) is 0.225. The van der Waals surface area contributed by atoms with Crippen molar-refractivity contribution >= 4 is 51.2 Å². The van der Waals surface area contributed by atoms with Gasteiger partial charge < -0.3 is 9.64 Å². The molecule has 11 heteroatoms. The number of morpholine rings is 1. The zero-order valence-corrected chi connectivity index (χ0v) is 17.5. The van der Waals surface area contributed by atoms with E-state index in [1.54, 1.807) is 11.3 Å². The van der Waals surface area contributed by atoms with Crippen LogP contribution in [0.25, 0.3) is 10.2 Å². The minimum absolute atomic E-state index is 0.303. The van der Waals surface area contributed by atoms with Crippen molar-refractivity contribution < 1.29 is 14.0 Å². The fourth-order valence-electron chi connectivity index (χ4n) is 3.26. The third-order valence-corrected chi connectivity index (χ3v) is 6.65. The second kappa shape index (κ2) is 9.19. The van der Waals surface area contributed by atoms with E-state index < -0.39 is 0 Å². The molecule has 0 unspecified atom stereocenters. The molecule has 0 N–H and O–H groups in total. The van der Waals surface area contributed by atoms with Crippen molar-refractivity contribution in [1.29, 1.82) is 0 Å². The van der Waals surface area contributed by atoms with Crippen molar-refractivity contribution in [2.75, 3.05) is 64.5 Å². The fraction of sp³-hybridized carbons (Fsp3) is 0.625. The van der Waals surface area contributed by atoms with Crippen LogP contribution in [0.2, 0.25) is 5.28 Å². The summed E-state index contributed by atoms with van der Waals surface area (Å²) in [6, 6.07) is 2.15. The molecule has 0 atom stereocenters. The van der Waals surface area contributed by atoms with E-state index in [9.17, 15) is 0 Å². The van der Waals surface area contributed by atoms with Crippen LogP contribution < -0.4 is 4.90 Å². The van der Waals surface area contributed by atoms with E-state index in [0.717, 1.165) is 75.1 Å². The summed E-state index contributed by atoms with van der Waals surface area (Å²) in [5.41, 5.74) is 0.930. The van der Waals surface area contributed by atoms with Gasteiger partial charge in [-0.1, -0.05) is 0 Å². The third-order valence-electron chi connectivity index (χ3n) is 4.60. The van der Waals surface area contributed by atoms with Gasteiger partial charge in [0.25, 0.3) is 0 Å². The Kier molecular flexibility index (Phi) is 6.66. The summed E-state index contributed by atoms with van der Waals surface area (Å²) >= 11 is 9.22. The average molecular weight is 432 g/mol. The summed E-state index contributed by atoms with van der Waals surface area (Å²) in [4.78, 5) is 19.6. The number of nitrogens with zero attached hydrogens (tertiary/aromatic N) is 5. The van der Waals surface area contributed by atoms with Gasteiger partial charge in [-0.3, -0.25) is 4.90 Å². The second-order valence-electron chi connectivity index (χ2n) is 6.36. The molecule has 148 valence electrons. The van der Waals surface area contributed by atoms with Crippen molar-refractivity contribution in [3.05, 3.63) is 16.2 Å². The van der Waals surface area contributed by atoms with Crippen molar-refractivity contribution in [1.82, 2.24) is 19.2 Å². The Labute approximate surface area is 171 Å². The molecule has 0 bridgehead atoms. The predicted molar refractivity (Wildman–Crippen MR) is 108 cm³/mol. The highest BCUT2D eigenvalue weighted by Crippen LogP contribution is 2.34. The van der Waals surface area contributed by atoms with Crippen LogP contribution in [0.15, 0.2) is 6.07 Å². The number of anilines is 1. The Bertz CT molecular complexity index is 766. The van der Waals surface area contributed by atoms with Crippen LogP contribution in [0.1, 0.15) is 4.88 Å². The molecule has 8 nitrogen and oxygen atoms in total. The number of piperazine rings is 1. The SMILES string of the molecule is COOSN1CCN(Cc2cc3nc(Cl)nc(N4CCOCC4)c3s2)CC1. The van der Waals surface area contributed by atoms with Gasteiger partial charge in [-0.25, -0.2) is 14.2 Å². The highest BCUT2D eigenvalue weighted by Gasteiger charge is 2.22. The van der Waals surface area contributed by atoms with Gasteiger partial charge >= 0.3 is 0 Å². The lowest BCUT2D eigenvalue weighted by molar-refractivity contribution is -0.164. The number of fused-ring (bicyclic) bond motifs is 1. The normalized spacial score (nSPS) is 19.9. The Hall–Kier alpha value is -0.720. The van der Waals surface area contributed by atoms with Crippen LogP contribution >= 0.6 is 35.2 Å². The first-order valence-corrected chi connectivity index (χ1v) is 10.8. The van der Waals surface area contributed by atoms with E-state index in [1.807, 2.05) is 0 Å². The highest BCUT2D eigenvalue weighted by atomic mass is 35.5. The van der Waals surface area contributed by atoms with Crippen LogP contribution in [-0.4, -0.2) is 78.8 Å². The smallest absolute Gasteiger partial charge is 0.224 e. The first-order valence-electron chi connectivity index (χ1n) is 8.86. The first kappa shape index (κ1) is 19.6. The molecule has 4 heterocycles. The maximum absolute atomic E-state index is 6.19. The zero-order chi connectivity index (χ0) is 18.6. The lowest BCUT2D eigenvalue weighted by Gasteiger charge is -2.32. The lowest BCUT2D eigenvalue weighted by atomic mass is 10.3. The standard InChI is InChI=1S/C16H22ClN5O3S2/c1-23-25-27-22-4-2-20(3-5-22)11-12-10-13-14(26-12)15(19-16(17)18-13)21-6-8-24-9-7-21/h10H,2-9,11H2,1H3. The predicted octanol–water partition coefficient (Wildman–Crippen LogP) is 2.44. The fourth-order valence-corrected chi connectivity index (χ4v) is 5.05.